The van der Waals surface area contributed by atoms with Gasteiger partial charge >= 0.3 is 0 Å². The molecular formula is C14H20N2O3. The fraction of sp³-hybridized carbons (Fsp3) is 0.571. The van der Waals surface area contributed by atoms with Crippen LogP contribution in [0.3, 0.4) is 0 Å². The van der Waals surface area contributed by atoms with Gasteiger partial charge in [0.1, 0.15) is 5.60 Å². The van der Waals surface area contributed by atoms with Crippen molar-refractivity contribution in [1.82, 2.24) is 4.98 Å². The van der Waals surface area contributed by atoms with Crippen LogP contribution in [0.5, 0.6) is 5.88 Å². The fourth-order valence-corrected chi connectivity index (χ4v) is 2.18. The Morgan fingerprint density at radius 2 is 2.16 bits per heavy atom. The van der Waals surface area contributed by atoms with Crippen LogP contribution in [0.1, 0.15) is 25.3 Å². The average Bonchev–Trinajstić information content (AvgIpc) is 3.22. The molecule has 5 heteroatoms. The highest BCUT2D eigenvalue weighted by molar-refractivity contribution is 5.97. The highest BCUT2D eigenvalue weighted by Crippen LogP contribution is 2.42. The van der Waals surface area contributed by atoms with Gasteiger partial charge in [-0.3, -0.25) is 4.79 Å². The van der Waals surface area contributed by atoms with Crippen molar-refractivity contribution < 1.29 is 14.3 Å². The first kappa shape index (κ1) is 13.8. The summed E-state index contributed by atoms with van der Waals surface area (Å²) in [5.41, 5.74) is 0.784. The Morgan fingerprint density at radius 1 is 1.47 bits per heavy atom. The quantitative estimate of drug-likeness (QED) is 0.885. The van der Waals surface area contributed by atoms with E-state index in [1.807, 2.05) is 19.9 Å². The first-order valence-electron chi connectivity index (χ1n) is 6.38. The predicted octanol–water partition coefficient (Wildman–Crippen LogP) is 2.15. The molecule has 0 spiro atoms. The van der Waals surface area contributed by atoms with Crippen LogP contribution in [-0.2, 0) is 9.53 Å². The Kier molecular flexibility index (Phi) is 3.75. The normalized spacial score (nSPS) is 17.7. The molecule has 0 bridgehead atoms. The van der Waals surface area contributed by atoms with Crippen molar-refractivity contribution in [3.05, 3.63) is 17.8 Å². The van der Waals surface area contributed by atoms with E-state index in [2.05, 4.69) is 10.3 Å². The van der Waals surface area contributed by atoms with Gasteiger partial charge in [0.2, 0.25) is 5.88 Å². The van der Waals surface area contributed by atoms with Gasteiger partial charge in [-0.05, 0) is 38.7 Å². The van der Waals surface area contributed by atoms with Crippen LogP contribution in [0.25, 0.3) is 0 Å². The molecule has 1 saturated carbocycles. The van der Waals surface area contributed by atoms with Gasteiger partial charge in [-0.15, -0.1) is 0 Å². The summed E-state index contributed by atoms with van der Waals surface area (Å²) in [6.45, 7) is 3.72. The lowest BCUT2D eigenvalue weighted by Crippen LogP contribution is -2.44. The summed E-state index contributed by atoms with van der Waals surface area (Å²) >= 11 is 0. The summed E-state index contributed by atoms with van der Waals surface area (Å²) in [5.74, 6) is 0.753. The lowest BCUT2D eigenvalue weighted by molar-refractivity contribution is -0.138. The van der Waals surface area contributed by atoms with Gasteiger partial charge in [0.15, 0.2) is 0 Å². The molecule has 1 amide bonds. The number of methoxy groups -OCH3 is 2. The molecule has 1 unspecified atom stereocenters. The van der Waals surface area contributed by atoms with Crippen molar-refractivity contribution in [1.29, 1.82) is 0 Å². The first-order chi connectivity index (χ1) is 9.01. The molecule has 1 N–H and O–H groups in total. The third-order valence-electron chi connectivity index (χ3n) is 3.71. The Morgan fingerprint density at radius 3 is 2.63 bits per heavy atom. The van der Waals surface area contributed by atoms with Gasteiger partial charge in [-0.1, -0.05) is 0 Å². The van der Waals surface area contributed by atoms with E-state index < -0.39 is 5.60 Å². The number of ether oxygens (including phenoxy) is 2. The first-order valence-corrected chi connectivity index (χ1v) is 6.38. The summed E-state index contributed by atoms with van der Waals surface area (Å²) in [4.78, 5) is 16.5. The fourth-order valence-electron chi connectivity index (χ4n) is 2.18. The van der Waals surface area contributed by atoms with Gasteiger partial charge in [0.25, 0.3) is 5.91 Å². The summed E-state index contributed by atoms with van der Waals surface area (Å²) in [6, 6.07) is 1.84. The third-order valence-corrected chi connectivity index (χ3v) is 3.71. The van der Waals surface area contributed by atoms with Crippen molar-refractivity contribution in [2.75, 3.05) is 19.5 Å². The van der Waals surface area contributed by atoms with Crippen molar-refractivity contribution >= 4 is 11.6 Å². The molecule has 0 radical (unpaired) electrons. The van der Waals surface area contributed by atoms with Gasteiger partial charge < -0.3 is 14.8 Å². The molecule has 1 fully saturated rings. The monoisotopic (exact) mass is 264 g/mol. The zero-order valence-corrected chi connectivity index (χ0v) is 11.8. The molecule has 0 saturated heterocycles. The second-order valence-electron chi connectivity index (χ2n) is 5.09. The number of hydrogen-bond donors (Lipinski definition) is 1. The van der Waals surface area contributed by atoms with Crippen molar-refractivity contribution in [2.24, 2.45) is 5.92 Å². The number of rotatable bonds is 5. The van der Waals surface area contributed by atoms with Crippen LogP contribution in [0.4, 0.5) is 5.69 Å². The van der Waals surface area contributed by atoms with E-state index >= 15 is 0 Å². The lowest BCUT2D eigenvalue weighted by atomic mass is 9.99. The van der Waals surface area contributed by atoms with Crippen molar-refractivity contribution in [2.45, 2.75) is 32.3 Å². The molecule has 1 aromatic heterocycles. The number of pyridine rings is 1. The van der Waals surface area contributed by atoms with Crippen molar-refractivity contribution in [3.8, 4) is 5.88 Å². The summed E-state index contributed by atoms with van der Waals surface area (Å²) < 4.78 is 10.5. The lowest BCUT2D eigenvalue weighted by Gasteiger charge is -2.26. The number of carbonyl (C=O) groups is 1. The van der Waals surface area contributed by atoms with Gasteiger partial charge in [-0.2, -0.15) is 0 Å². The Balaban J connectivity index is 2.12. The summed E-state index contributed by atoms with van der Waals surface area (Å²) in [7, 11) is 3.15. The van der Waals surface area contributed by atoms with E-state index in [-0.39, 0.29) is 5.91 Å². The van der Waals surface area contributed by atoms with Gasteiger partial charge in [0, 0.05) is 12.7 Å². The smallest absolute Gasteiger partial charge is 0.256 e. The minimum Gasteiger partial charge on any atom is -0.481 e. The molecule has 1 aliphatic carbocycles. The number of aryl methyl sites for hydroxylation is 1. The zero-order chi connectivity index (χ0) is 14.0. The largest absolute Gasteiger partial charge is 0.481 e. The van der Waals surface area contributed by atoms with Crippen LogP contribution in [0, 0.1) is 12.8 Å². The highest BCUT2D eigenvalue weighted by atomic mass is 16.5. The molecule has 19 heavy (non-hydrogen) atoms. The minimum absolute atomic E-state index is 0.121. The molecule has 104 valence electrons. The van der Waals surface area contributed by atoms with Crippen LogP contribution in [0.2, 0.25) is 0 Å². The Bertz CT molecular complexity index is 486. The Hall–Kier alpha value is -1.62. The van der Waals surface area contributed by atoms with E-state index in [1.54, 1.807) is 20.4 Å². The number of aromatic nitrogens is 1. The zero-order valence-electron chi connectivity index (χ0n) is 11.8. The van der Waals surface area contributed by atoms with Gasteiger partial charge in [0.05, 0.1) is 19.0 Å². The Labute approximate surface area is 113 Å². The summed E-state index contributed by atoms with van der Waals surface area (Å²) in [6.07, 6.45) is 3.67. The topological polar surface area (TPSA) is 60.5 Å². The molecule has 5 nitrogen and oxygen atoms in total. The number of hydrogen-bond acceptors (Lipinski definition) is 4. The maximum Gasteiger partial charge on any atom is 0.256 e. The minimum atomic E-state index is -0.756. The maximum atomic E-state index is 12.3. The van der Waals surface area contributed by atoms with Gasteiger partial charge in [-0.25, -0.2) is 4.98 Å². The summed E-state index contributed by atoms with van der Waals surface area (Å²) in [5, 5.41) is 2.86. The molecular weight excluding hydrogens is 244 g/mol. The highest BCUT2D eigenvalue weighted by Gasteiger charge is 2.47. The standard InChI is InChI=1S/C14H20N2O3/c1-9-7-11(8-15-12(9)18-3)16-13(17)14(2,19-4)10-5-6-10/h7-8,10H,5-6H2,1-4H3,(H,16,17). The number of carbonyl (C=O) groups excluding carboxylic acids is 1. The third kappa shape index (κ3) is 2.71. The SMILES string of the molecule is COc1ncc(NC(=O)C(C)(OC)C2CC2)cc1C. The van der Waals surface area contributed by atoms with Crippen LogP contribution < -0.4 is 10.1 Å². The number of amides is 1. The molecule has 1 aliphatic rings. The molecule has 1 atom stereocenters. The second-order valence-corrected chi connectivity index (χ2v) is 5.09. The molecule has 0 aliphatic heterocycles. The molecule has 1 heterocycles. The number of nitrogens with zero attached hydrogens (tertiary/aromatic N) is 1. The van der Waals surface area contributed by atoms with E-state index in [9.17, 15) is 4.79 Å². The predicted molar refractivity (Wildman–Crippen MR) is 72.3 cm³/mol. The van der Waals surface area contributed by atoms with E-state index in [0.29, 0.717) is 17.5 Å². The second kappa shape index (κ2) is 5.17. The number of nitrogens with one attached hydrogen (secondary N) is 1. The number of anilines is 1. The van der Waals surface area contributed by atoms with E-state index in [4.69, 9.17) is 9.47 Å². The van der Waals surface area contributed by atoms with Crippen LogP contribution >= 0.6 is 0 Å². The van der Waals surface area contributed by atoms with Crippen molar-refractivity contribution in [3.63, 3.8) is 0 Å². The molecule has 2 rings (SSSR count). The van der Waals surface area contributed by atoms with E-state index in [0.717, 1.165) is 18.4 Å². The van der Waals surface area contributed by atoms with Crippen LogP contribution in [-0.4, -0.2) is 30.7 Å². The average molecular weight is 264 g/mol. The van der Waals surface area contributed by atoms with Crippen LogP contribution in [0.15, 0.2) is 12.3 Å². The molecule has 1 aromatic rings. The maximum absolute atomic E-state index is 12.3. The van der Waals surface area contributed by atoms with E-state index in [1.165, 1.54) is 0 Å². The molecule has 0 aromatic carbocycles.